The highest BCUT2D eigenvalue weighted by Crippen LogP contribution is 2.28. The molecule has 4 nitrogen and oxygen atoms in total. The zero-order valence-corrected chi connectivity index (χ0v) is 14.6. The SMILES string of the molecule is Cc1ccc(C)c(C(=O)C(C)Sc2nnc(-c3ccccc3)o2)c1. The summed E-state index contributed by atoms with van der Waals surface area (Å²) in [4.78, 5) is 12.7. The van der Waals surface area contributed by atoms with Crippen molar-refractivity contribution < 1.29 is 9.21 Å². The Morgan fingerprint density at radius 3 is 2.58 bits per heavy atom. The lowest BCUT2D eigenvalue weighted by atomic mass is 10.0. The molecule has 0 aliphatic heterocycles. The summed E-state index contributed by atoms with van der Waals surface area (Å²) in [6, 6.07) is 15.5. The van der Waals surface area contributed by atoms with Crippen LogP contribution in [0.5, 0.6) is 0 Å². The molecule has 0 amide bonds. The third kappa shape index (κ3) is 3.57. The topological polar surface area (TPSA) is 56.0 Å². The van der Waals surface area contributed by atoms with Crippen LogP contribution in [0.1, 0.15) is 28.4 Å². The first-order valence-corrected chi connectivity index (χ1v) is 8.59. The average Bonchev–Trinajstić information content (AvgIpc) is 3.05. The Kier molecular flexibility index (Phi) is 4.81. The van der Waals surface area contributed by atoms with E-state index in [2.05, 4.69) is 10.2 Å². The zero-order valence-electron chi connectivity index (χ0n) is 13.8. The summed E-state index contributed by atoms with van der Waals surface area (Å²) in [6.07, 6.45) is 0. The van der Waals surface area contributed by atoms with Gasteiger partial charge in [0.1, 0.15) is 0 Å². The van der Waals surface area contributed by atoms with Crippen LogP contribution in [0.3, 0.4) is 0 Å². The van der Waals surface area contributed by atoms with Crippen molar-refractivity contribution in [2.24, 2.45) is 0 Å². The molecule has 0 N–H and O–H groups in total. The second-order valence-electron chi connectivity index (χ2n) is 5.68. The number of aromatic nitrogens is 2. The highest BCUT2D eigenvalue weighted by atomic mass is 32.2. The van der Waals surface area contributed by atoms with Crippen molar-refractivity contribution in [3.05, 3.63) is 65.2 Å². The molecule has 3 rings (SSSR count). The first-order valence-electron chi connectivity index (χ1n) is 7.71. The van der Waals surface area contributed by atoms with Crippen LogP contribution in [-0.2, 0) is 0 Å². The van der Waals surface area contributed by atoms with E-state index in [0.29, 0.717) is 11.1 Å². The molecule has 0 aliphatic rings. The summed E-state index contributed by atoms with van der Waals surface area (Å²) < 4.78 is 5.67. The van der Waals surface area contributed by atoms with Gasteiger partial charge in [-0.2, -0.15) is 0 Å². The maximum Gasteiger partial charge on any atom is 0.277 e. The number of hydrogen-bond donors (Lipinski definition) is 0. The van der Waals surface area contributed by atoms with Crippen LogP contribution in [0.2, 0.25) is 0 Å². The third-order valence-corrected chi connectivity index (χ3v) is 4.67. The maximum absolute atomic E-state index is 12.7. The van der Waals surface area contributed by atoms with Gasteiger partial charge < -0.3 is 4.42 Å². The van der Waals surface area contributed by atoms with Crippen LogP contribution in [-0.4, -0.2) is 21.2 Å². The summed E-state index contributed by atoms with van der Waals surface area (Å²) in [5.41, 5.74) is 3.67. The van der Waals surface area contributed by atoms with Gasteiger partial charge in [0.15, 0.2) is 5.78 Å². The summed E-state index contributed by atoms with van der Waals surface area (Å²) in [7, 11) is 0. The van der Waals surface area contributed by atoms with Crippen molar-refractivity contribution >= 4 is 17.5 Å². The molecule has 1 aromatic heterocycles. The number of Topliss-reactive ketones (excluding diaryl/α,β-unsaturated/α-hetero) is 1. The van der Waals surface area contributed by atoms with Crippen molar-refractivity contribution in [1.82, 2.24) is 10.2 Å². The van der Waals surface area contributed by atoms with Crippen molar-refractivity contribution in [3.8, 4) is 11.5 Å². The summed E-state index contributed by atoms with van der Waals surface area (Å²) in [5.74, 6) is 0.533. The minimum Gasteiger partial charge on any atom is -0.411 e. The second kappa shape index (κ2) is 7.01. The fourth-order valence-corrected chi connectivity index (χ4v) is 3.13. The van der Waals surface area contributed by atoms with Crippen molar-refractivity contribution in [2.45, 2.75) is 31.2 Å². The van der Waals surface area contributed by atoms with E-state index >= 15 is 0 Å². The standard InChI is InChI=1S/C19H18N2O2S/c1-12-9-10-13(2)16(11-12)17(22)14(3)24-19-21-20-18(23-19)15-7-5-4-6-8-15/h4-11,14H,1-3H3. The van der Waals surface area contributed by atoms with Crippen LogP contribution < -0.4 is 0 Å². The van der Waals surface area contributed by atoms with Crippen molar-refractivity contribution in [2.75, 3.05) is 0 Å². The number of hydrogen-bond acceptors (Lipinski definition) is 5. The molecule has 1 atom stereocenters. The lowest BCUT2D eigenvalue weighted by Crippen LogP contribution is -2.15. The largest absolute Gasteiger partial charge is 0.411 e. The molecular formula is C19H18N2O2S. The number of carbonyl (C=O) groups is 1. The molecule has 0 saturated carbocycles. The average molecular weight is 338 g/mol. The van der Waals surface area contributed by atoms with Crippen molar-refractivity contribution in [1.29, 1.82) is 0 Å². The van der Waals surface area contributed by atoms with Crippen LogP contribution in [0.25, 0.3) is 11.5 Å². The molecule has 122 valence electrons. The number of ketones is 1. The number of thioether (sulfide) groups is 1. The predicted octanol–water partition coefficient (Wildman–Crippen LogP) is 4.72. The van der Waals surface area contributed by atoms with E-state index in [1.807, 2.05) is 69.3 Å². The predicted molar refractivity (Wildman–Crippen MR) is 95.3 cm³/mol. The minimum absolute atomic E-state index is 0.0701. The number of rotatable bonds is 5. The van der Waals surface area contributed by atoms with Gasteiger partial charge in [0.25, 0.3) is 5.22 Å². The number of nitrogens with zero attached hydrogens (tertiary/aromatic N) is 2. The normalized spacial score (nSPS) is 12.1. The Labute approximate surface area is 145 Å². The first kappa shape index (κ1) is 16.5. The molecule has 2 aromatic carbocycles. The summed E-state index contributed by atoms with van der Waals surface area (Å²) >= 11 is 1.29. The fraction of sp³-hybridized carbons (Fsp3) is 0.211. The first-order chi connectivity index (χ1) is 11.5. The molecule has 0 spiro atoms. The molecule has 1 heterocycles. The quantitative estimate of drug-likeness (QED) is 0.498. The van der Waals surface area contributed by atoms with Gasteiger partial charge in [0.2, 0.25) is 5.89 Å². The van der Waals surface area contributed by atoms with E-state index in [4.69, 9.17) is 4.42 Å². The molecule has 0 saturated heterocycles. The molecule has 3 aromatic rings. The molecule has 0 bridgehead atoms. The lowest BCUT2D eigenvalue weighted by molar-refractivity contribution is 0.0993. The van der Waals surface area contributed by atoms with Crippen LogP contribution in [0.4, 0.5) is 0 Å². The molecule has 1 unspecified atom stereocenters. The van der Waals surface area contributed by atoms with Gasteiger partial charge in [-0.15, -0.1) is 10.2 Å². The van der Waals surface area contributed by atoms with E-state index in [1.165, 1.54) is 11.8 Å². The number of benzene rings is 2. The Hall–Kier alpha value is -2.40. The maximum atomic E-state index is 12.7. The smallest absolute Gasteiger partial charge is 0.277 e. The summed E-state index contributed by atoms with van der Waals surface area (Å²) in [6.45, 7) is 5.80. The van der Waals surface area contributed by atoms with Gasteiger partial charge in [-0.25, -0.2) is 0 Å². The number of aryl methyl sites for hydroxylation is 2. The van der Waals surface area contributed by atoms with Gasteiger partial charge >= 0.3 is 0 Å². The van der Waals surface area contributed by atoms with Gasteiger partial charge in [-0.1, -0.05) is 47.7 Å². The molecule has 0 aliphatic carbocycles. The Bertz CT molecular complexity index is 859. The Morgan fingerprint density at radius 2 is 1.83 bits per heavy atom. The summed E-state index contributed by atoms with van der Waals surface area (Å²) in [5, 5.41) is 8.20. The number of carbonyl (C=O) groups excluding carboxylic acids is 1. The van der Waals surface area contributed by atoms with Gasteiger partial charge in [0, 0.05) is 11.1 Å². The highest BCUT2D eigenvalue weighted by Gasteiger charge is 2.21. The third-order valence-electron chi connectivity index (χ3n) is 3.73. The van der Waals surface area contributed by atoms with E-state index in [-0.39, 0.29) is 11.0 Å². The van der Waals surface area contributed by atoms with E-state index < -0.39 is 0 Å². The molecule has 24 heavy (non-hydrogen) atoms. The Balaban J connectivity index is 1.75. The molecule has 0 radical (unpaired) electrons. The molecule has 5 heteroatoms. The fourth-order valence-electron chi connectivity index (χ4n) is 2.38. The van der Waals surface area contributed by atoms with E-state index in [0.717, 1.165) is 22.3 Å². The lowest BCUT2D eigenvalue weighted by Gasteiger charge is -2.10. The van der Waals surface area contributed by atoms with Gasteiger partial charge in [0.05, 0.1) is 5.25 Å². The Morgan fingerprint density at radius 1 is 1.08 bits per heavy atom. The molecule has 0 fully saturated rings. The van der Waals surface area contributed by atoms with Gasteiger partial charge in [-0.3, -0.25) is 4.79 Å². The van der Waals surface area contributed by atoms with E-state index in [1.54, 1.807) is 0 Å². The second-order valence-corrected chi connectivity index (χ2v) is 6.97. The van der Waals surface area contributed by atoms with E-state index in [9.17, 15) is 4.79 Å². The van der Waals surface area contributed by atoms with Crippen molar-refractivity contribution in [3.63, 3.8) is 0 Å². The zero-order chi connectivity index (χ0) is 17.1. The van der Waals surface area contributed by atoms with Crippen LogP contribution in [0, 0.1) is 13.8 Å². The van der Waals surface area contributed by atoms with Gasteiger partial charge in [-0.05, 0) is 44.5 Å². The molecular weight excluding hydrogens is 320 g/mol. The van der Waals surface area contributed by atoms with Crippen LogP contribution in [0.15, 0.2) is 58.2 Å². The van der Waals surface area contributed by atoms with Crippen LogP contribution >= 0.6 is 11.8 Å². The minimum atomic E-state index is -0.297. The highest BCUT2D eigenvalue weighted by molar-refractivity contribution is 8.00. The monoisotopic (exact) mass is 338 g/mol.